The van der Waals surface area contributed by atoms with Gasteiger partial charge in [-0.05, 0) is 41.4 Å². The molecule has 0 bridgehead atoms. The van der Waals surface area contributed by atoms with Crippen molar-refractivity contribution in [3.63, 3.8) is 0 Å². The van der Waals surface area contributed by atoms with Gasteiger partial charge in [0.05, 0.1) is 5.02 Å². The number of ether oxygens (including phenoxy) is 1. The van der Waals surface area contributed by atoms with Crippen molar-refractivity contribution in [2.45, 2.75) is 50.8 Å². The largest absolute Gasteiger partial charge is 0.541 e. The molecule has 0 amide bonds. The minimum absolute atomic E-state index is 0.0978. The molecule has 2 aromatic carbocycles. The summed E-state index contributed by atoms with van der Waals surface area (Å²) in [6.07, 6.45) is 0. The zero-order valence-electron chi connectivity index (χ0n) is 15.5. The first-order chi connectivity index (χ1) is 11.6. The Labute approximate surface area is 165 Å². The fourth-order valence-electron chi connectivity index (χ4n) is 2.07. The molecule has 0 unspecified atom stereocenters. The normalized spacial score (nSPS) is 12.1. The molecule has 25 heavy (non-hydrogen) atoms. The fourth-order valence-corrected chi connectivity index (χ4v) is 3.69. The molecule has 0 atom stereocenters. The molecule has 2 nitrogen and oxygen atoms in total. The highest BCUT2D eigenvalue weighted by Crippen LogP contribution is 2.43. The van der Waals surface area contributed by atoms with E-state index < -0.39 is 8.32 Å². The lowest BCUT2D eigenvalue weighted by Gasteiger charge is -2.37. The van der Waals surface area contributed by atoms with Crippen LogP contribution in [0.4, 0.5) is 0 Å². The van der Waals surface area contributed by atoms with Crippen molar-refractivity contribution in [2.24, 2.45) is 0 Å². The van der Waals surface area contributed by atoms with E-state index in [0.29, 0.717) is 17.4 Å². The van der Waals surface area contributed by atoms with Crippen LogP contribution in [0, 0.1) is 0 Å². The van der Waals surface area contributed by atoms with Gasteiger partial charge in [0.2, 0.25) is 0 Å². The highest BCUT2D eigenvalue weighted by molar-refractivity contribution is 9.08. The number of rotatable bonds is 6. The third-order valence-electron chi connectivity index (χ3n) is 4.62. The average molecular weight is 442 g/mol. The number of hydrogen-bond donors (Lipinski definition) is 0. The van der Waals surface area contributed by atoms with E-state index >= 15 is 0 Å². The summed E-state index contributed by atoms with van der Waals surface area (Å²) in [5, 5.41) is 1.40. The van der Waals surface area contributed by atoms with Crippen molar-refractivity contribution in [1.82, 2.24) is 0 Å². The Bertz CT molecular complexity index is 712. The summed E-state index contributed by atoms with van der Waals surface area (Å²) in [6.45, 7) is 11.6. The van der Waals surface area contributed by atoms with Gasteiger partial charge in [0.25, 0.3) is 8.32 Å². The van der Waals surface area contributed by atoms with E-state index in [1.807, 2.05) is 42.5 Å². The molecule has 0 heterocycles. The molecule has 0 aliphatic rings. The zero-order valence-corrected chi connectivity index (χ0v) is 18.9. The van der Waals surface area contributed by atoms with Gasteiger partial charge in [-0.15, -0.1) is 0 Å². The van der Waals surface area contributed by atoms with Crippen molar-refractivity contribution in [2.75, 3.05) is 0 Å². The van der Waals surface area contributed by atoms with Gasteiger partial charge < -0.3 is 9.16 Å². The Morgan fingerprint density at radius 3 is 2.24 bits per heavy atom. The van der Waals surface area contributed by atoms with E-state index in [0.717, 1.165) is 22.2 Å². The molecule has 0 aromatic heterocycles. The van der Waals surface area contributed by atoms with Crippen LogP contribution in [0.3, 0.4) is 0 Å². The second-order valence-corrected chi connectivity index (χ2v) is 13.4. The van der Waals surface area contributed by atoms with Crippen LogP contribution in [0.1, 0.15) is 31.9 Å². The van der Waals surface area contributed by atoms with E-state index in [4.69, 9.17) is 20.8 Å². The molecular formula is C20H26BrClO2Si. The Balaban J connectivity index is 2.34. The first-order valence-corrected chi connectivity index (χ1v) is 12.8. The Kier molecular flexibility index (Phi) is 6.63. The van der Waals surface area contributed by atoms with Crippen molar-refractivity contribution >= 4 is 35.8 Å². The average Bonchev–Trinajstić information content (AvgIpc) is 2.53. The zero-order chi connectivity index (χ0) is 18.7. The van der Waals surface area contributed by atoms with Crippen molar-refractivity contribution in [3.8, 4) is 11.5 Å². The van der Waals surface area contributed by atoms with Crippen LogP contribution in [0.25, 0.3) is 0 Å². The van der Waals surface area contributed by atoms with Crippen LogP contribution >= 0.6 is 27.5 Å². The molecule has 2 rings (SSSR count). The molecule has 0 saturated heterocycles. The summed E-state index contributed by atoms with van der Waals surface area (Å²) in [5.41, 5.74) is 2.17. The molecule has 0 fully saturated rings. The van der Waals surface area contributed by atoms with Gasteiger partial charge in [-0.25, -0.2) is 0 Å². The minimum Gasteiger partial charge on any atom is -0.541 e. The van der Waals surface area contributed by atoms with Gasteiger partial charge in [-0.2, -0.15) is 0 Å². The summed E-state index contributed by atoms with van der Waals surface area (Å²) in [6, 6.07) is 14.0. The van der Waals surface area contributed by atoms with Crippen LogP contribution in [-0.4, -0.2) is 8.32 Å². The molecule has 0 N–H and O–H groups in total. The summed E-state index contributed by atoms with van der Waals surface area (Å²) in [7, 11) is -2.00. The first kappa shape index (κ1) is 20.3. The topological polar surface area (TPSA) is 18.5 Å². The van der Waals surface area contributed by atoms with Crippen LogP contribution < -0.4 is 9.16 Å². The molecule has 136 valence electrons. The predicted octanol–water partition coefficient (Wildman–Crippen LogP) is 7.20. The lowest BCUT2D eigenvalue weighted by molar-refractivity contribution is 0.294. The van der Waals surface area contributed by atoms with Gasteiger partial charge in [0.15, 0.2) is 5.75 Å². The Morgan fingerprint density at radius 2 is 1.68 bits per heavy atom. The Morgan fingerprint density at radius 1 is 1.04 bits per heavy atom. The smallest absolute Gasteiger partial charge is 0.250 e. The highest BCUT2D eigenvalue weighted by Gasteiger charge is 2.39. The van der Waals surface area contributed by atoms with Crippen LogP contribution in [0.5, 0.6) is 11.5 Å². The third kappa shape index (κ3) is 5.25. The number of benzene rings is 2. The molecule has 0 saturated carbocycles. The van der Waals surface area contributed by atoms with E-state index in [9.17, 15) is 0 Å². The fraction of sp³-hybridized carbons (Fsp3) is 0.400. The summed E-state index contributed by atoms with van der Waals surface area (Å²) < 4.78 is 12.6. The van der Waals surface area contributed by atoms with Crippen LogP contribution in [-0.2, 0) is 11.9 Å². The quantitative estimate of drug-likeness (QED) is 0.348. The standard InChI is InChI=1S/C20H26BrClO2Si/c1-20(2,3)25(4,5)24-18-12-16(13-21)11-17(22)19(18)23-14-15-9-7-6-8-10-15/h6-12H,13-14H2,1-5H3. The lowest BCUT2D eigenvalue weighted by atomic mass is 10.2. The monoisotopic (exact) mass is 440 g/mol. The van der Waals surface area contributed by atoms with Gasteiger partial charge in [0, 0.05) is 5.33 Å². The number of halogens is 2. The molecule has 0 radical (unpaired) electrons. The lowest BCUT2D eigenvalue weighted by Crippen LogP contribution is -2.44. The van der Waals surface area contributed by atoms with Gasteiger partial charge in [-0.3, -0.25) is 0 Å². The van der Waals surface area contributed by atoms with E-state index in [-0.39, 0.29) is 5.04 Å². The maximum atomic E-state index is 6.52. The van der Waals surface area contributed by atoms with Crippen LogP contribution in [0.15, 0.2) is 42.5 Å². The maximum absolute atomic E-state index is 6.52. The second-order valence-electron chi connectivity index (χ2n) is 7.68. The minimum atomic E-state index is -2.00. The van der Waals surface area contributed by atoms with Crippen LogP contribution in [0.2, 0.25) is 23.2 Å². The highest BCUT2D eigenvalue weighted by atomic mass is 79.9. The van der Waals surface area contributed by atoms with E-state index in [1.165, 1.54) is 0 Å². The first-order valence-electron chi connectivity index (χ1n) is 8.38. The molecular weight excluding hydrogens is 416 g/mol. The van der Waals surface area contributed by atoms with Crippen molar-refractivity contribution in [1.29, 1.82) is 0 Å². The van der Waals surface area contributed by atoms with E-state index in [1.54, 1.807) is 0 Å². The SMILES string of the molecule is CC(C)(C)[Si](C)(C)Oc1cc(CBr)cc(Cl)c1OCc1ccccc1. The Hall–Kier alpha value is -0.973. The summed E-state index contributed by atoms with van der Waals surface area (Å²) in [5.74, 6) is 1.37. The molecule has 0 aliphatic carbocycles. The van der Waals surface area contributed by atoms with Crippen molar-refractivity contribution in [3.05, 3.63) is 58.6 Å². The third-order valence-corrected chi connectivity index (χ3v) is 9.89. The second kappa shape index (κ2) is 8.15. The maximum Gasteiger partial charge on any atom is 0.250 e. The van der Waals surface area contributed by atoms with E-state index in [2.05, 4.69) is 49.8 Å². The number of alkyl halides is 1. The molecule has 0 spiro atoms. The number of hydrogen-bond acceptors (Lipinski definition) is 2. The van der Waals surface area contributed by atoms with Gasteiger partial charge >= 0.3 is 0 Å². The molecule has 0 aliphatic heterocycles. The summed E-state index contributed by atoms with van der Waals surface area (Å²) in [4.78, 5) is 0. The van der Waals surface area contributed by atoms with Crippen molar-refractivity contribution < 1.29 is 9.16 Å². The van der Waals surface area contributed by atoms with Gasteiger partial charge in [-0.1, -0.05) is 78.6 Å². The molecule has 2 aromatic rings. The predicted molar refractivity (Wildman–Crippen MR) is 113 cm³/mol. The van der Waals surface area contributed by atoms with Gasteiger partial charge in [0.1, 0.15) is 12.4 Å². The molecule has 5 heteroatoms. The summed E-state index contributed by atoms with van der Waals surface area (Å²) >= 11 is 10.0.